The van der Waals surface area contributed by atoms with Gasteiger partial charge in [-0.1, -0.05) is 0 Å². The molecule has 9 nitrogen and oxygen atoms in total. The molecule has 3 aliphatic carbocycles. The van der Waals surface area contributed by atoms with Gasteiger partial charge in [-0.15, -0.1) is 0 Å². The van der Waals surface area contributed by atoms with Gasteiger partial charge in [0.15, 0.2) is 11.6 Å². The van der Waals surface area contributed by atoms with Crippen molar-refractivity contribution in [1.82, 2.24) is 10.3 Å². The molecule has 2 aromatic rings. The minimum Gasteiger partial charge on any atom is -0.496 e. The van der Waals surface area contributed by atoms with E-state index in [4.69, 9.17) is 9.47 Å². The highest BCUT2D eigenvalue weighted by atomic mass is 19.4. The van der Waals surface area contributed by atoms with Crippen molar-refractivity contribution in [2.75, 3.05) is 12.4 Å². The molecule has 2 amide bonds. The van der Waals surface area contributed by atoms with Crippen molar-refractivity contribution in [2.45, 2.75) is 63.3 Å². The second-order valence-electron chi connectivity index (χ2n) is 11.2. The van der Waals surface area contributed by atoms with Crippen molar-refractivity contribution in [2.24, 2.45) is 23.7 Å². The molecule has 0 spiro atoms. The number of ether oxygens (including phenoxy) is 2. The Kier molecular flexibility index (Phi) is 8.29. The van der Waals surface area contributed by atoms with Gasteiger partial charge in [-0.05, 0) is 75.0 Å². The summed E-state index contributed by atoms with van der Waals surface area (Å²) in [6, 6.07) is 3.25. The van der Waals surface area contributed by atoms with E-state index in [1.807, 2.05) is 0 Å². The number of aromatic nitrogens is 1. The second-order valence-corrected chi connectivity index (χ2v) is 11.2. The van der Waals surface area contributed by atoms with E-state index in [-0.39, 0.29) is 34.7 Å². The molecule has 3 N–H and O–H groups in total. The number of anilines is 1. The van der Waals surface area contributed by atoms with Crippen LogP contribution in [-0.2, 0) is 15.8 Å². The lowest BCUT2D eigenvalue weighted by atomic mass is 9.83. The molecule has 226 valence electrons. The van der Waals surface area contributed by atoms with Gasteiger partial charge in [-0.3, -0.25) is 14.4 Å². The highest BCUT2D eigenvalue weighted by Crippen LogP contribution is 2.49. The third kappa shape index (κ3) is 6.14. The molecule has 3 saturated carbocycles. The Labute approximate surface area is 239 Å². The molecule has 3 aliphatic rings. The summed E-state index contributed by atoms with van der Waals surface area (Å²) in [4.78, 5) is 41.9. The lowest BCUT2D eigenvalue weighted by Gasteiger charge is -2.31. The van der Waals surface area contributed by atoms with Gasteiger partial charge >= 0.3 is 12.1 Å². The molecule has 1 aromatic heterocycles. The number of nitrogens with one attached hydrogen (secondary N) is 2. The lowest BCUT2D eigenvalue weighted by molar-refractivity contribution is -0.143. The lowest BCUT2D eigenvalue weighted by Crippen LogP contribution is -2.48. The first kappa shape index (κ1) is 29.6. The fourth-order valence-electron chi connectivity index (χ4n) is 6.57. The summed E-state index contributed by atoms with van der Waals surface area (Å²) < 4.78 is 65.4. The minimum atomic E-state index is -4.60. The summed E-state index contributed by atoms with van der Waals surface area (Å²) in [6.07, 6.45) is -0.211. The Morgan fingerprint density at radius 1 is 1.00 bits per heavy atom. The van der Waals surface area contributed by atoms with E-state index in [0.717, 1.165) is 37.2 Å². The summed E-state index contributed by atoms with van der Waals surface area (Å²) in [6.45, 7) is 0. The zero-order valence-electron chi connectivity index (χ0n) is 22.7. The van der Waals surface area contributed by atoms with E-state index in [0.29, 0.717) is 32.1 Å². The summed E-state index contributed by atoms with van der Waals surface area (Å²) in [7, 11) is 1.29. The highest BCUT2D eigenvalue weighted by Gasteiger charge is 2.51. The van der Waals surface area contributed by atoms with Crippen molar-refractivity contribution in [3.05, 3.63) is 47.4 Å². The van der Waals surface area contributed by atoms with Crippen molar-refractivity contribution in [3.8, 4) is 11.5 Å². The number of benzene rings is 1. The number of hydrogen-bond acceptors (Lipinski definition) is 6. The average Bonchev–Trinajstić information content (AvgIpc) is 3.56. The molecule has 0 unspecified atom stereocenters. The van der Waals surface area contributed by atoms with E-state index in [9.17, 15) is 37.1 Å². The van der Waals surface area contributed by atoms with Crippen LogP contribution in [0.5, 0.6) is 11.5 Å². The van der Waals surface area contributed by atoms with Crippen LogP contribution in [0, 0.1) is 29.5 Å². The number of carboxylic acid groups (broad SMARTS) is 1. The Morgan fingerprint density at radius 3 is 2.38 bits per heavy atom. The zero-order valence-corrected chi connectivity index (χ0v) is 22.7. The van der Waals surface area contributed by atoms with E-state index in [1.165, 1.54) is 13.2 Å². The van der Waals surface area contributed by atoms with Gasteiger partial charge in [-0.2, -0.15) is 13.2 Å². The number of halogens is 4. The van der Waals surface area contributed by atoms with Gasteiger partial charge in [0.05, 0.1) is 36.2 Å². The Bertz CT molecular complexity index is 1360. The number of pyridine rings is 1. The molecule has 0 saturated heterocycles. The monoisotopic (exact) mass is 593 g/mol. The second kappa shape index (κ2) is 11.8. The van der Waals surface area contributed by atoms with E-state index < -0.39 is 59.3 Å². The normalized spacial score (nSPS) is 26.9. The molecule has 3 fully saturated rings. The topological polar surface area (TPSA) is 127 Å². The van der Waals surface area contributed by atoms with Crippen LogP contribution in [0.25, 0.3) is 0 Å². The smallest absolute Gasteiger partial charge is 0.416 e. The van der Waals surface area contributed by atoms with Gasteiger partial charge < -0.3 is 25.2 Å². The first-order valence-corrected chi connectivity index (χ1v) is 13.9. The Morgan fingerprint density at radius 2 is 1.71 bits per heavy atom. The van der Waals surface area contributed by atoms with Crippen LogP contribution >= 0.6 is 0 Å². The fraction of sp³-hybridized carbons (Fsp3) is 0.517. The largest absolute Gasteiger partial charge is 0.496 e. The van der Waals surface area contributed by atoms with Crippen molar-refractivity contribution >= 4 is 23.6 Å². The zero-order chi connectivity index (χ0) is 30.2. The Hall–Kier alpha value is -3.90. The highest BCUT2D eigenvalue weighted by molar-refractivity contribution is 5.99. The number of fused-ring (bicyclic) bond motifs is 2. The minimum absolute atomic E-state index is 0.00500. The van der Waals surface area contributed by atoms with E-state index in [2.05, 4.69) is 15.6 Å². The summed E-state index contributed by atoms with van der Waals surface area (Å²) >= 11 is 0. The third-order valence-electron chi connectivity index (χ3n) is 8.67. The number of hydrogen-bond donors (Lipinski definition) is 3. The van der Waals surface area contributed by atoms with Crippen LogP contribution in [0.15, 0.2) is 30.5 Å². The SMILES string of the molecule is COc1cc(F)c(O[C@H]2CC[C@@H](C(=O)O)CC2)cc1C(=O)N[C@@H]1[C@H]2CC[C@H](C2)[C@@H]1C(=O)Nc1cc(C(F)(F)F)ccn1. The molecular weight excluding hydrogens is 562 g/mol. The molecule has 0 aliphatic heterocycles. The van der Waals surface area contributed by atoms with E-state index in [1.54, 1.807) is 0 Å². The molecule has 0 radical (unpaired) electrons. The van der Waals surface area contributed by atoms with Crippen LogP contribution in [-0.4, -0.2) is 47.1 Å². The number of carboxylic acids is 1. The maximum absolute atomic E-state index is 14.9. The fourth-order valence-corrected chi connectivity index (χ4v) is 6.57. The predicted octanol–water partition coefficient (Wildman–Crippen LogP) is 5.05. The summed E-state index contributed by atoms with van der Waals surface area (Å²) in [5, 5.41) is 14.6. The van der Waals surface area contributed by atoms with Crippen LogP contribution < -0.4 is 20.1 Å². The molecule has 5 rings (SSSR count). The number of carbonyl (C=O) groups excluding carboxylic acids is 2. The molecule has 42 heavy (non-hydrogen) atoms. The van der Waals surface area contributed by atoms with Gasteiger partial charge in [0, 0.05) is 18.3 Å². The van der Waals surface area contributed by atoms with Gasteiger partial charge in [-0.25, -0.2) is 9.37 Å². The van der Waals surface area contributed by atoms with Crippen molar-refractivity contribution < 1.29 is 46.5 Å². The van der Waals surface area contributed by atoms with Crippen molar-refractivity contribution in [1.29, 1.82) is 0 Å². The van der Waals surface area contributed by atoms with Crippen LogP contribution in [0.1, 0.15) is 60.9 Å². The standard InChI is InChI=1S/C29H31F4N3O6/c1-41-21-13-20(30)22(42-18-6-4-14(5-7-18)28(39)40)12-19(21)26(37)36-25-16-3-2-15(10-16)24(25)27(38)35-23-11-17(8-9-34-23)29(31,32)33/h8-9,11-16,18,24-25H,2-7,10H2,1H3,(H,36,37)(H,39,40)(H,34,35,38)/t14-,15-,16+,18+,24+,25-/m1/s1. The predicted molar refractivity (Wildman–Crippen MR) is 140 cm³/mol. The maximum atomic E-state index is 14.9. The first-order chi connectivity index (χ1) is 19.9. The van der Waals surface area contributed by atoms with Crippen LogP contribution in [0.3, 0.4) is 0 Å². The number of amides is 2. The number of rotatable bonds is 8. The summed E-state index contributed by atoms with van der Waals surface area (Å²) in [5.41, 5.74) is -0.948. The maximum Gasteiger partial charge on any atom is 0.416 e. The first-order valence-electron chi connectivity index (χ1n) is 13.9. The van der Waals surface area contributed by atoms with Crippen molar-refractivity contribution in [3.63, 3.8) is 0 Å². The van der Waals surface area contributed by atoms with Gasteiger partial charge in [0.2, 0.25) is 5.91 Å². The summed E-state index contributed by atoms with van der Waals surface area (Å²) in [5.74, 6) is -4.46. The number of nitrogens with zero attached hydrogens (tertiary/aromatic N) is 1. The van der Waals surface area contributed by atoms with Gasteiger partial charge in [0.1, 0.15) is 11.6 Å². The van der Waals surface area contributed by atoms with Gasteiger partial charge in [0.25, 0.3) is 5.91 Å². The Balaban J connectivity index is 1.31. The van der Waals surface area contributed by atoms with E-state index >= 15 is 0 Å². The molecular formula is C29H31F4N3O6. The molecule has 13 heteroatoms. The molecule has 1 aromatic carbocycles. The molecule has 4 atom stereocenters. The molecule has 1 heterocycles. The number of alkyl halides is 3. The molecule has 2 bridgehead atoms. The van der Waals surface area contributed by atoms with Crippen LogP contribution in [0.2, 0.25) is 0 Å². The number of aliphatic carboxylic acids is 1. The third-order valence-corrected chi connectivity index (χ3v) is 8.67. The number of methoxy groups -OCH3 is 1. The quantitative estimate of drug-likeness (QED) is 0.366. The average molecular weight is 594 g/mol. The number of carbonyl (C=O) groups is 3. The van der Waals surface area contributed by atoms with Crippen LogP contribution in [0.4, 0.5) is 23.4 Å².